The van der Waals surface area contributed by atoms with Crippen LogP contribution in [0.5, 0.6) is 11.5 Å². The van der Waals surface area contributed by atoms with E-state index in [4.69, 9.17) is 23.4 Å². The van der Waals surface area contributed by atoms with Crippen molar-refractivity contribution >= 4 is 46.1 Å². The molecule has 0 amide bonds. The molecule has 0 radical (unpaired) electrons. The summed E-state index contributed by atoms with van der Waals surface area (Å²) in [5, 5.41) is 3.45. The summed E-state index contributed by atoms with van der Waals surface area (Å²) in [6.07, 6.45) is 5.32. The Bertz CT molecular complexity index is 3550. The molecule has 0 aliphatic rings. The van der Waals surface area contributed by atoms with Crippen molar-refractivity contribution in [3.8, 4) is 50.9 Å². The molecular formula is C51H40N4OSi. The molecule has 0 fully saturated rings. The van der Waals surface area contributed by atoms with Gasteiger partial charge in [0.1, 0.15) is 17.3 Å². The van der Waals surface area contributed by atoms with E-state index in [1.807, 2.05) is 79.0 Å². The van der Waals surface area contributed by atoms with Gasteiger partial charge in [0.15, 0.2) is 0 Å². The van der Waals surface area contributed by atoms with Gasteiger partial charge in [0, 0.05) is 23.0 Å². The normalized spacial score (nSPS) is 14.2. The maximum absolute atomic E-state index is 8.99. The first-order chi connectivity index (χ1) is 32.0. The van der Waals surface area contributed by atoms with Crippen LogP contribution >= 0.6 is 0 Å². The van der Waals surface area contributed by atoms with E-state index in [1.165, 1.54) is 5.19 Å². The highest BCUT2D eigenvalue weighted by Gasteiger charge is 2.21. The van der Waals surface area contributed by atoms with Gasteiger partial charge >= 0.3 is 0 Å². The molecule has 10 rings (SSSR count). The number of para-hydroxylation sites is 4. The summed E-state index contributed by atoms with van der Waals surface area (Å²) in [6.45, 7) is 6.95. The molecule has 0 atom stereocenters. The molecule has 0 saturated carbocycles. The molecule has 10 aromatic rings. The highest BCUT2D eigenvalue weighted by molar-refractivity contribution is 6.88. The third-order valence-electron chi connectivity index (χ3n) is 10.2. The van der Waals surface area contributed by atoms with Gasteiger partial charge in [0.25, 0.3) is 6.33 Å². The Hall–Kier alpha value is -7.02. The molecule has 0 aliphatic heterocycles. The van der Waals surface area contributed by atoms with Crippen molar-refractivity contribution in [1.82, 2.24) is 14.1 Å². The van der Waals surface area contributed by atoms with Crippen LogP contribution in [0.4, 0.5) is 0 Å². The number of ether oxygens (including phenoxy) is 1. The molecule has 0 saturated heterocycles. The van der Waals surface area contributed by atoms with Gasteiger partial charge in [0.2, 0.25) is 0 Å². The number of nitrogens with zero attached hydrogens (tertiary/aromatic N) is 4. The minimum atomic E-state index is -1.66. The SMILES string of the molecule is [2H]c1c([2H])c([2H])c(-c2cccc(-c3c([2H])c([2H])c([2H])c([2H])c3[2H])c2-[n+]2[c-]n(-c3cccc(Oc4ccc5c6ccccc6n(-c6cc([Si](C)(C)C)ccn6)c5c4)c3)c3ccccc32)c([2H])c1[2H]. The average Bonchev–Trinajstić information content (AvgIpc) is 3.87. The monoisotopic (exact) mass is 762 g/mol. The summed E-state index contributed by atoms with van der Waals surface area (Å²) in [5.74, 6) is 1.95. The number of imidazole rings is 1. The molecule has 0 unspecified atom stereocenters. The zero-order chi connectivity index (χ0) is 47.2. The lowest BCUT2D eigenvalue weighted by molar-refractivity contribution is -0.571. The summed E-state index contributed by atoms with van der Waals surface area (Å²) in [6, 6.07) is 33.1. The third-order valence-corrected chi connectivity index (χ3v) is 12.2. The molecule has 0 N–H and O–H groups in total. The van der Waals surface area contributed by atoms with Gasteiger partial charge in [-0.3, -0.25) is 13.7 Å². The van der Waals surface area contributed by atoms with Crippen LogP contribution in [0.2, 0.25) is 19.6 Å². The first kappa shape index (κ1) is 25.2. The van der Waals surface area contributed by atoms with E-state index in [1.54, 1.807) is 27.3 Å². The predicted molar refractivity (Wildman–Crippen MR) is 236 cm³/mol. The molecule has 3 heterocycles. The van der Waals surface area contributed by atoms with Crippen molar-refractivity contribution in [2.24, 2.45) is 0 Å². The first-order valence-corrected chi connectivity index (χ1v) is 22.1. The number of fused-ring (bicyclic) bond motifs is 4. The molecule has 57 heavy (non-hydrogen) atoms. The lowest BCUT2D eigenvalue weighted by Crippen LogP contribution is -2.37. The van der Waals surface area contributed by atoms with Gasteiger partial charge in [0.05, 0.1) is 55.2 Å². The molecule has 5 nitrogen and oxygen atoms in total. The van der Waals surface area contributed by atoms with E-state index in [0.29, 0.717) is 28.2 Å². The van der Waals surface area contributed by atoms with Gasteiger partial charge in [-0.1, -0.05) is 152 Å². The third kappa shape index (κ3) is 6.21. The second-order valence-corrected chi connectivity index (χ2v) is 19.8. The van der Waals surface area contributed by atoms with E-state index >= 15 is 0 Å². The molecule has 0 aliphatic carbocycles. The van der Waals surface area contributed by atoms with Crippen molar-refractivity contribution < 1.29 is 23.0 Å². The molecule has 7 aromatic carbocycles. The summed E-state index contributed by atoms with van der Waals surface area (Å²) < 4.78 is 99.0. The van der Waals surface area contributed by atoms with E-state index in [2.05, 4.69) is 60.9 Å². The molecule has 3 aromatic heterocycles. The molecule has 0 bridgehead atoms. The average molecular weight is 763 g/mol. The zero-order valence-corrected chi connectivity index (χ0v) is 32.3. The smallest absolute Gasteiger partial charge is 0.269 e. The number of hydrogen-bond acceptors (Lipinski definition) is 2. The highest BCUT2D eigenvalue weighted by atomic mass is 28.3. The van der Waals surface area contributed by atoms with E-state index < -0.39 is 68.5 Å². The fourth-order valence-corrected chi connectivity index (χ4v) is 8.60. The Morgan fingerprint density at radius 3 is 2.00 bits per heavy atom. The Morgan fingerprint density at radius 1 is 0.614 bits per heavy atom. The fraction of sp³-hybridized carbons (Fsp3) is 0.0588. The minimum Gasteiger partial charge on any atom is -0.458 e. The number of rotatable bonds is 8. The van der Waals surface area contributed by atoms with Gasteiger partial charge in [-0.2, -0.15) is 0 Å². The standard InChI is InChI=1S/C51H40N4OSi/c1-57(2,3)41-30-31-52-50(34-41)55-46-25-11-10-22-44(46)45-29-28-40(33-49(45)55)56-39-21-14-20-38(32-39)53-35-54(48-27-13-12-26-47(48)53)51-42(36-16-6-4-7-17-36)23-15-24-43(51)37-18-8-5-9-19-37/h4-34H,1-3H3/i4D,5D,6D,7D,8D,9D,16D,17D,18D,19D. The largest absolute Gasteiger partial charge is 0.458 e. The summed E-state index contributed by atoms with van der Waals surface area (Å²) in [4.78, 5) is 4.84. The topological polar surface area (TPSA) is 35.9 Å². The lowest BCUT2D eigenvalue weighted by atomic mass is 9.95. The Morgan fingerprint density at radius 2 is 1.26 bits per heavy atom. The van der Waals surface area contributed by atoms with Gasteiger partial charge < -0.3 is 4.74 Å². The van der Waals surface area contributed by atoms with Crippen LogP contribution in [0.1, 0.15) is 13.7 Å². The quantitative estimate of drug-likeness (QED) is 0.0878. The van der Waals surface area contributed by atoms with Crippen LogP contribution in [0.3, 0.4) is 0 Å². The Balaban J connectivity index is 1.15. The van der Waals surface area contributed by atoms with Crippen molar-refractivity contribution in [2.75, 3.05) is 0 Å². The van der Waals surface area contributed by atoms with Gasteiger partial charge in [-0.15, -0.1) is 0 Å². The molecule has 0 spiro atoms. The molecule has 274 valence electrons. The summed E-state index contributed by atoms with van der Waals surface area (Å²) in [5.41, 5.74) is 4.09. The van der Waals surface area contributed by atoms with Crippen LogP contribution in [0.25, 0.3) is 72.3 Å². The van der Waals surface area contributed by atoms with Crippen molar-refractivity contribution in [2.45, 2.75) is 19.6 Å². The first-order valence-electron chi connectivity index (χ1n) is 23.6. The molecular weight excluding hydrogens is 713 g/mol. The maximum Gasteiger partial charge on any atom is 0.269 e. The van der Waals surface area contributed by atoms with Crippen LogP contribution in [0, 0.1) is 6.33 Å². The highest BCUT2D eigenvalue weighted by Crippen LogP contribution is 2.37. The summed E-state index contributed by atoms with van der Waals surface area (Å²) >= 11 is 0. The summed E-state index contributed by atoms with van der Waals surface area (Å²) in [7, 11) is -1.66. The van der Waals surface area contributed by atoms with Gasteiger partial charge in [-0.05, 0) is 70.8 Å². The predicted octanol–water partition coefficient (Wildman–Crippen LogP) is 11.9. The van der Waals surface area contributed by atoms with Crippen LogP contribution in [0.15, 0.2) is 188 Å². The number of benzene rings is 7. The zero-order valence-electron chi connectivity index (χ0n) is 41.3. The minimum absolute atomic E-state index is 0.126. The number of hydrogen-bond donors (Lipinski definition) is 0. The number of pyridine rings is 1. The van der Waals surface area contributed by atoms with Crippen molar-refractivity contribution in [3.63, 3.8) is 0 Å². The van der Waals surface area contributed by atoms with E-state index in [9.17, 15) is 0 Å². The van der Waals surface area contributed by atoms with Crippen LogP contribution < -0.4 is 14.5 Å². The fourth-order valence-electron chi connectivity index (χ4n) is 7.46. The lowest BCUT2D eigenvalue weighted by Gasteiger charge is -2.18. The van der Waals surface area contributed by atoms with Gasteiger partial charge in [-0.25, -0.2) is 4.98 Å². The second-order valence-electron chi connectivity index (χ2n) is 14.7. The van der Waals surface area contributed by atoms with Crippen molar-refractivity contribution in [3.05, 3.63) is 194 Å². The Labute approximate surface area is 347 Å². The van der Waals surface area contributed by atoms with Crippen LogP contribution in [-0.2, 0) is 0 Å². The van der Waals surface area contributed by atoms with Crippen molar-refractivity contribution in [1.29, 1.82) is 0 Å². The number of aromatic nitrogens is 4. The van der Waals surface area contributed by atoms with E-state index in [0.717, 1.165) is 27.6 Å². The second kappa shape index (κ2) is 13.9. The van der Waals surface area contributed by atoms with E-state index in [-0.39, 0.29) is 27.9 Å². The maximum atomic E-state index is 8.99. The Kier molecular flexibility index (Phi) is 6.16. The molecule has 6 heteroatoms. The van der Waals surface area contributed by atoms with Crippen LogP contribution in [-0.4, -0.2) is 22.2 Å².